The highest BCUT2D eigenvalue weighted by atomic mass is 79.9. The van der Waals surface area contributed by atoms with Gasteiger partial charge in [-0.25, -0.2) is 4.39 Å². The molecular formula is C14H9BrFNO. The van der Waals surface area contributed by atoms with Gasteiger partial charge >= 0.3 is 0 Å². The van der Waals surface area contributed by atoms with Gasteiger partial charge in [0.05, 0.1) is 16.1 Å². The highest BCUT2D eigenvalue weighted by molar-refractivity contribution is 9.10. The van der Waals surface area contributed by atoms with Crippen molar-refractivity contribution in [3.8, 4) is 11.8 Å². The predicted octanol–water partition coefficient (Wildman–Crippen LogP) is 4.04. The van der Waals surface area contributed by atoms with E-state index in [1.165, 1.54) is 6.07 Å². The zero-order valence-electron chi connectivity index (χ0n) is 9.36. The van der Waals surface area contributed by atoms with Gasteiger partial charge in [-0.3, -0.25) is 0 Å². The van der Waals surface area contributed by atoms with Crippen molar-refractivity contribution >= 4 is 15.9 Å². The Labute approximate surface area is 113 Å². The SMILES string of the molecule is N#Cc1ccc(COc2ccc(F)c(Br)c2)cc1. The van der Waals surface area contributed by atoms with E-state index >= 15 is 0 Å². The first-order chi connectivity index (χ1) is 8.69. The van der Waals surface area contributed by atoms with Crippen LogP contribution >= 0.6 is 15.9 Å². The molecule has 0 bridgehead atoms. The Balaban J connectivity index is 2.02. The Kier molecular flexibility index (Phi) is 3.96. The van der Waals surface area contributed by atoms with E-state index in [9.17, 15) is 4.39 Å². The van der Waals surface area contributed by atoms with Crippen LogP contribution in [0.15, 0.2) is 46.9 Å². The van der Waals surface area contributed by atoms with Crippen molar-refractivity contribution in [1.29, 1.82) is 5.26 Å². The lowest BCUT2D eigenvalue weighted by Gasteiger charge is -2.07. The number of nitrogens with zero attached hydrogens (tertiary/aromatic N) is 1. The molecule has 0 amide bonds. The molecule has 0 aliphatic rings. The fraction of sp³-hybridized carbons (Fsp3) is 0.0714. The molecule has 2 aromatic carbocycles. The lowest BCUT2D eigenvalue weighted by atomic mass is 10.2. The zero-order chi connectivity index (χ0) is 13.0. The molecule has 2 nitrogen and oxygen atoms in total. The highest BCUT2D eigenvalue weighted by Gasteiger charge is 2.01. The number of hydrogen-bond donors (Lipinski definition) is 0. The summed E-state index contributed by atoms with van der Waals surface area (Å²) in [6.07, 6.45) is 0. The van der Waals surface area contributed by atoms with Gasteiger partial charge in [0.25, 0.3) is 0 Å². The van der Waals surface area contributed by atoms with Gasteiger partial charge in [0.2, 0.25) is 0 Å². The molecule has 0 N–H and O–H groups in total. The average molecular weight is 306 g/mol. The van der Waals surface area contributed by atoms with Crippen molar-refractivity contribution in [3.63, 3.8) is 0 Å². The van der Waals surface area contributed by atoms with E-state index in [0.717, 1.165) is 5.56 Å². The Morgan fingerprint density at radius 2 is 1.89 bits per heavy atom. The van der Waals surface area contributed by atoms with E-state index in [1.807, 2.05) is 12.1 Å². The summed E-state index contributed by atoms with van der Waals surface area (Å²) in [6, 6.07) is 13.7. The molecular weight excluding hydrogens is 297 g/mol. The average Bonchev–Trinajstić information content (AvgIpc) is 2.41. The first-order valence-electron chi connectivity index (χ1n) is 5.26. The maximum Gasteiger partial charge on any atom is 0.137 e. The van der Waals surface area contributed by atoms with Gasteiger partial charge in [0.1, 0.15) is 18.2 Å². The van der Waals surface area contributed by atoms with Crippen LogP contribution in [-0.4, -0.2) is 0 Å². The van der Waals surface area contributed by atoms with Crippen molar-refractivity contribution in [2.24, 2.45) is 0 Å². The minimum absolute atomic E-state index is 0.319. The third-order valence-electron chi connectivity index (χ3n) is 2.38. The summed E-state index contributed by atoms with van der Waals surface area (Å²) in [5.74, 6) is 0.272. The van der Waals surface area contributed by atoms with Crippen LogP contribution in [0.25, 0.3) is 0 Å². The summed E-state index contributed by atoms with van der Waals surface area (Å²) in [6.45, 7) is 0.379. The quantitative estimate of drug-likeness (QED) is 0.857. The van der Waals surface area contributed by atoms with Crippen LogP contribution in [0.2, 0.25) is 0 Å². The standard InChI is InChI=1S/C14H9BrFNO/c15-13-7-12(5-6-14(13)16)18-9-11-3-1-10(8-17)2-4-11/h1-7H,9H2. The number of hydrogen-bond acceptors (Lipinski definition) is 2. The first kappa shape index (κ1) is 12.6. The van der Waals surface area contributed by atoms with E-state index in [0.29, 0.717) is 22.4 Å². The Morgan fingerprint density at radius 3 is 2.50 bits per heavy atom. The molecule has 2 rings (SSSR count). The van der Waals surface area contributed by atoms with Gasteiger partial charge in [-0.2, -0.15) is 5.26 Å². The van der Waals surface area contributed by atoms with Crippen molar-refractivity contribution in [3.05, 3.63) is 63.9 Å². The first-order valence-corrected chi connectivity index (χ1v) is 6.05. The largest absolute Gasteiger partial charge is 0.489 e. The molecule has 4 heteroatoms. The molecule has 18 heavy (non-hydrogen) atoms. The second-order valence-electron chi connectivity index (χ2n) is 3.67. The maximum atomic E-state index is 13.0. The van der Waals surface area contributed by atoms with Crippen LogP contribution in [0.4, 0.5) is 4.39 Å². The summed E-state index contributed by atoms with van der Waals surface area (Å²) in [5.41, 5.74) is 1.57. The molecule has 0 atom stereocenters. The molecule has 0 unspecified atom stereocenters. The van der Waals surface area contributed by atoms with Gasteiger partial charge in [-0.1, -0.05) is 12.1 Å². The second-order valence-corrected chi connectivity index (χ2v) is 4.53. The van der Waals surface area contributed by atoms with Gasteiger partial charge < -0.3 is 4.74 Å². The van der Waals surface area contributed by atoms with Crippen LogP contribution in [0.1, 0.15) is 11.1 Å². The van der Waals surface area contributed by atoms with E-state index in [1.54, 1.807) is 24.3 Å². The Hall–Kier alpha value is -1.86. The molecule has 0 saturated heterocycles. The van der Waals surface area contributed by atoms with E-state index in [-0.39, 0.29) is 5.82 Å². The lowest BCUT2D eigenvalue weighted by Crippen LogP contribution is -1.95. The number of ether oxygens (including phenoxy) is 1. The summed E-state index contributed by atoms with van der Waals surface area (Å²) in [5, 5.41) is 8.67. The summed E-state index contributed by atoms with van der Waals surface area (Å²) in [4.78, 5) is 0. The summed E-state index contributed by atoms with van der Waals surface area (Å²) < 4.78 is 18.9. The van der Waals surface area contributed by atoms with Gasteiger partial charge in [-0.05, 0) is 51.8 Å². The molecule has 0 saturated carbocycles. The zero-order valence-corrected chi connectivity index (χ0v) is 10.9. The van der Waals surface area contributed by atoms with Crippen LogP contribution in [0.3, 0.4) is 0 Å². The predicted molar refractivity (Wildman–Crippen MR) is 69.6 cm³/mol. The monoisotopic (exact) mass is 305 g/mol. The smallest absolute Gasteiger partial charge is 0.137 e. The van der Waals surface area contributed by atoms with Crippen LogP contribution in [0, 0.1) is 17.1 Å². The molecule has 0 heterocycles. The number of benzene rings is 2. The van der Waals surface area contributed by atoms with Crippen LogP contribution in [-0.2, 0) is 6.61 Å². The van der Waals surface area contributed by atoms with Crippen molar-refractivity contribution < 1.29 is 9.13 Å². The van der Waals surface area contributed by atoms with Crippen LogP contribution in [0.5, 0.6) is 5.75 Å². The Bertz CT molecular complexity index is 590. The number of nitriles is 1. The lowest BCUT2D eigenvalue weighted by molar-refractivity contribution is 0.305. The fourth-order valence-electron chi connectivity index (χ4n) is 1.41. The topological polar surface area (TPSA) is 33.0 Å². The third-order valence-corrected chi connectivity index (χ3v) is 2.99. The molecule has 2 aromatic rings. The van der Waals surface area contributed by atoms with Gasteiger partial charge in [0.15, 0.2) is 0 Å². The Morgan fingerprint density at radius 1 is 1.17 bits per heavy atom. The van der Waals surface area contributed by atoms with E-state index in [2.05, 4.69) is 22.0 Å². The van der Waals surface area contributed by atoms with E-state index < -0.39 is 0 Å². The molecule has 90 valence electrons. The van der Waals surface area contributed by atoms with Gasteiger partial charge in [-0.15, -0.1) is 0 Å². The maximum absolute atomic E-state index is 13.0. The summed E-state index contributed by atoms with van der Waals surface area (Å²) >= 11 is 3.10. The molecule has 0 aliphatic heterocycles. The van der Waals surface area contributed by atoms with Crippen LogP contribution < -0.4 is 4.74 Å². The molecule has 0 aromatic heterocycles. The normalized spacial score (nSPS) is 9.83. The van der Waals surface area contributed by atoms with Gasteiger partial charge in [0, 0.05) is 0 Å². The number of halogens is 2. The number of rotatable bonds is 3. The van der Waals surface area contributed by atoms with Crippen molar-refractivity contribution in [1.82, 2.24) is 0 Å². The fourth-order valence-corrected chi connectivity index (χ4v) is 1.77. The highest BCUT2D eigenvalue weighted by Crippen LogP contribution is 2.22. The minimum atomic E-state index is -0.319. The van der Waals surface area contributed by atoms with Crippen molar-refractivity contribution in [2.45, 2.75) is 6.61 Å². The van der Waals surface area contributed by atoms with E-state index in [4.69, 9.17) is 10.00 Å². The second kappa shape index (κ2) is 5.65. The molecule has 0 fully saturated rings. The van der Waals surface area contributed by atoms with Crippen molar-refractivity contribution in [2.75, 3.05) is 0 Å². The minimum Gasteiger partial charge on any atom is -0.489 e. The molecule has 0 radical (unpaired) electrons. The molecule has 0 spiro atoms. The third kappa shape index (κ3) is 3.08. The summed E-state index contributed by atoms with van der Waals surface area (Å²) in [7, 11) is 0. The molecule has 0 aliphatic carbocycles.